The molecule has 0 spiro atoms. The molecule has 3 N–H and O–H groups in total. The van der Waals surface area contributed by atoms with Crippen molar-refractivity contribution in [1.29, 1.82) is 0 Å². The summed E-state index contributed by atoms with van der Waals surface area (Å²) < 4.78 is 11.7. The largest absolute Gasteiger partial charge is 0.478 e. The summed E-state index contributed by atoms with van der Waals surface area (Å²) in [5.74, 6) is -1.66. The Balaban J connectivity index is 1.26. The number of amides is 2. The molecule has 214 valence electrons. The highest BCUT2D eigenvalue weighted by Crippen LogP contribution is 2.44. The molecule has 0 heterocycles. The molecule has 0 bridgehead atoms. The predicted molar refractivity (Wildman–Crippen MR) is 158 cm³/mol. The van der Waals surface area contributed by atoms with E-state index in [0.717, 1.165) is 27.8 Å². The number of hydrogen-bond acceptors (Lipinski definition) is 5. The van der Waals surface area contributed by atoms with Gasteiger partial charge < -0.3 is 25.2 Å². The fraction of sp³-hybridized carbons (Fsp3) is 0.206. The molecule has 0 saturated carbocycles. The molecule has 5 rings (SSSR count). The van der Waals surface area contributed by atoms with E-state index in [-0.39, 0.29) is 31.2 Å². The first-order valence-corrected chi connectivity index (χ1v) is 13.8. The lowest BCUT2D eigenvalue weighted by molar-refractivity contribution is -0.127. The van der Waals surface area contributed by atoms with E-state index in [9.17, 15) is 19.5 Å². The van der Waals surface area contributed by atoms with Gasteiger partial charge in [-0.25, -0.2) is 9.59 Å². The number of carbonyl (C=O) groups is 3. The molecule has 1 aliphatic rings. The second-order valence-electron chi connectivity index (χ2n) is 10.2. The van der Waals surface area contributed by atoms with Crippen LogP contribution in [0.5, 0.6) is 0 Å². The van der Waals surface area contributed by atoms with Crippen LogP contribution in [-0.2, 0) is 27.4 Å². The summed E-state index contributed by atoms with van der Waals surface area (Å²) in [7, 11) is 0. The van der Waals surface area contributed by atoms with Gasteiger partial charge in [-0.1, -0.05) is 91.0 Å². The van der Waals surface area contributed by atoms with Crippen LogP contribution in [0.25, 0.3) is 11.1 Å². The number of rotatable bonds is 11. The van der Waals surface area contributed by atoms with Gasteiger partial charge in [-0.15, -0.1) is 0 Å². The minimum atomic E-state index is -1.06. The van der Waals surface area contributed by atoms with Gasteiger partial charge in [0, 0.05) is 12.5 Å². The van der Waals surface area contributed by atoms with Crippen LogP contribution in [0.2, 0.25) is 0 Å². The maximum Gasteiger partial charge on any atom is 0.407 e. The van der Waals surface area contributed by atoms with Gasteiger partial charge in [-0.2, -0.15) is 0 Å². The first-order valence-electron chi connectivity index (χ1n) is 13.8. The molecule has 1 aliphatic carbocycles. The van der Waals surface area contributed by atoms with Gasteiger partial charge >= 0.3 is 12.1 Å². The van der Waals surface area contributed by atoms with E-state index in [0.29, 0.717) is 5.56 Å². The van der Waals surface area contributed by atoms with Crippen molar-refractivity contribution in [1.82, 2.24) is 10.6 Å². The predicted octanol–water partition coefficient (Wildman–Crippen LogP) is 5.51. The molecule has 0 unspecified atom stereocenters. The monoisotopic (exact) mass is 564 g/mol. The molecule has 0 fully saturated rings. The standard InChI is InChI=1S/C34H32N2O6/c1-22(41-20-23-10-3-2-4-11-23)31(32(37)35-19-24-12-9-13-25(18-24)33(38)39)36-34(40)42-21-30-28-16-7-5-14-26(28)27-15-6-8-17-29(27)30/h2-18,22,30-31H,19-21H2,1H3,(H,35,37)(H,36,40)(H,38,39)/t22-,31+/m0/s1. The van der Waals surface area contributed by atoms with Crippen molar-refractivity contribution in [3.8, 4) is 11.1 Å². The molecule has 4 aromatic carbocycles. The van der Waals surface area contributed by atoms with E-state index in [4.69, 9.17) is 9.47 Å². The van der Waals surface area contributed by atoms with Crippen molar-refractivity contribution in [2.75, 3.05) is 6.61 Å². The highest BCUT2D eigenvalue weighted by Gasteiger charge is 2.31. The first-order chi connectivity index (χ1) is 20.4. The van der Waals surface area contributed by atoms with Crippen molar-refractivity contribution < 1.29 is 29.0 Å². The number of carboxylic acids is 1. The molecule has 2 amide bonds. The molecule has 2 atom stereocenters. The smallest absolute Gasteiger partial charge is 0.407 e. The van der Waals surface area contributed by atoms with Crippen molar-refractivity contribution in [3.05, 3.63) is 131 Å². The number of carbonyl (C=O) groups excluding carboxylic acids is 2. The van der Waals surface area contributed by atoms with E-state index < -0.39 is 30.1 Å². The zero-order chi connectivity index (χ0) is 29.5. The van der Waals surface area contributed by atoms with Crippen LogP contribution in [0.15, 0.2) is 103 Å². The first kappa shape index (κ1) is 28.6. The van der Waals surface area contributed by atoms with E-state index >= 15 is 0 Å². The Morgan fingerprint density at radius 1 is 0.810 bits per heavy atom. The zero-order valence-corrected chi connectivity index (χ0v) is 23.2. The summed E-state index contributed by atoms with van der Waals surface area (Å²) in [6.45, 7) is 2.14. The number of ether oxygens (including phenoxy) is 2. The molecule has 0 radical (unpaired) electrons. The summed E-state index contributed by atoms with van der Waals surface area (Å²) in [4.78, 5) is 37.7. The van der Waals surface area contributed by atoms with Gasteiger partial charge in [0.05, 0.1) is 18.3 Å². The van der Waals surface area contributed by atoms with Gasteiger partial charge in [0.25, 0.3) is 0 Å². The summed E-state index contributed by atoms with van der Waals surface area (Å²) in [5, 5.41) is 14.8. The third kappa shape index (κ3) is 6.67. The molecule has 0 aromatic heterocycles. The fourth-order valence-corrected chi connectivity index (χ4v) is 5.17. The Morgan fingerprint density at radius 2 is 1.43 bits per heavy atom. The number of nitrogens with one attached hydrogen (secondary N) is 2. The molecule has 0 saturated heterocycles. The van der Waals surface area contributed by atoms with Crippen molar-refractivity contribution in [3.63, 3.8) is 0 Å². The zero-order valence-electron chi connectivity index (χ0n) is 23.2. The lowest BCUT2D eigenvalue weighted by Gasteiger charge is -2.25. The number of aromatic carboxylic acids is 1. The van der Waals surface area contributed by atoms with Gasteiger partial charge in [-0.3, -0.25) is 4.79 Å². The Hall–Kier alpha value is -4.95. The second kappa shape index (κ2) is 13.1. The number of alkyl carbamates (subject to hydrolysis) is 1. The topological polar surface area (TPSA) is 114 Å². The average molecular weight is 565 g/mol. The molecule has 8 heteroatoms. The van der Waals surface area contributed by atoms with E-state index in [1.165, 1.54) is 12.1 Å². The van der Waals surface area contributed by atoms with Gasteiger partial charge in [-0.05, 0) is 52.4 Å². The minimum absolute atomic E-state index is 0.0776. The quantitative estimate of drug-likeness (QED) is 0.221. The second-order valence-corrected chi connectivity index (χ2v) is 10.2. The highest BCUT2D eigenvalue weighted by atomic mass is 16.5. The molecule has 0 aliphatic heterocycles. The summed E-state index contributed by atoms with van der Waals surface area (Å²) in [6, 6.07) is 30.9. The SMILES string of the molecule is C[C@H](OCc1ccccc1)[C@@H](NC(=O)OCC1c2ccccc2-c2ccccc21)C(=O)NCc1cccc(C(=O)O)c1. The van der Waals surface area contributed by atoms with Gasteiger partial charge in [0.15, 0.2) is 0 Å². The van der Waals surface area contributed by atoms with Crippen LogP contribution in [0.4, 0.5) is 4.79 Å². The number of fused-ring (bicyclic) bond motifs is 3. The van der Waals surface area contributed by atoms with Crippen LogP contribution in [0.3, 0.4) is 0 Å². The summed E-state index contributed by atoms with van der Waals surface area (Å²) >= 11 is 0. The van der Waals surface area contributed by atoms with Crippen LogP contribution >= 0.6 is 0 Å². The van der Waals surface area contributed by atoms with Crippen molar-refractivity contribution in [2.24, 2.45) is 0 Å². The molecule has 4 aromatic rings. The van der Waals surface area contributed by atoms with Crippen LogP contribution < -0.4 is 10.6 Å². The third-order valence-electron chi connectivity index (χ3n) is 7.37. The third-order valence-corrected chi connectivity index (χ3v) is 7.37. The number of carboxylic acid groups (broad SMARTS) is 1. The molecule has 42 heavy (non-hydrogen) atoms. The normalized spacial score (nSPS) is 13.4. The van der Waals surface area contributed by atoms with Crippen LogP contribution in [0, 0.1) is 0 Å². The molecular formula is C34H32N2O6. The maximum absolute atomic E-state index is 13.3. The van der Waals surface area contributed by atoms with Crippen LogP contribution in [-0.4, -0.2) is 41.8 Å². The highest BCUT2D eigenvalue weighted by molar-refractivity contribution is 5.88. The minimum Gasteiger partial charge on any atom is -0.478 e. The van der Waals surface area contributed by atoms with Gasteiger partial charge in [0.2, 0.25) is 5.91 Å². The van der Waals surface area contributed by atoms with E-state index in [1.807, 2.05) is 66.7 Å². The Morgan fingerprint density at radius 3 is 2.10 bits per heavy atom. The van der Waals surface area contributed by atoms with E-state index in [1.54, 1.807) is 19.1 Å². The lowest BCUT2D eigenvalue weighted by Crippen LogP contribution is -2.53. The maximum atomic E-state index is 13.3. The fourth-order valence-electron chi connectivity index (χ4n) is 5.17. The van der Waals surface area contributed by atoms with Crippen LogP contribution in [0.1, 0.15) is 45.5 Å². The Labute approximate surface area is 244 Å². The van der Waals surface area contributed by atoms with Gasteiger partial charge in [0.1, 0.15) is 12.6 Å². The summed E-state index contributed by atoms with van der Waals surface area (Å²) in [6.07, 6.45) is -1.43. The molecular weight excluding hydrogens is 532 g/mol. The average Bonchev–Trinajstić information content (AvgIpc) is 3.34. The van der Waals surface area contributed by atoms with Crippen molar-refractivity contribution in [2.45, 2.75) is 38.1 Å². The molecule has 8 nitrogen and oxygen atoms in total. The Kier molecular flexibility index (Phi) is 8.94. The van der Waals surface area contributed by atoms with E-state index in [2.05, 4.69) is 22.8 Å². The summed E-state index contributed by atoms with van der Waals surface area (Å²) in [5.41, 5.74) is 6.07. The number of hydrogen-bond donors (Lipinski definition) is 3. The lowest BCUT2D eigenvalue weighted by atomic mass is 9.98. The van der Waals surface area contributed by atoms with Crippen molar-refractivity contribution >= 4 is 18.0 Å². The Bertz CT molecular complexity index is 1530. The number of benzene rings is 4.